The third-order valence-corrected chi connectivity index (χ3v) is 4.95. The molecule has 0 heterocycles. The highest BCUT2D eigenvalue weighted by atomic mass is 32.2. The van der Waals surface area contributed by atoms with Crippen molar-refractivity contribution in [2.75, 3.05) is 7.11 Å². The number of hydrogen-bond acceptors (Lipinski definition) is 5. The maximum Gasteiger partial charge on any atom is 0.323 e. The van der Waals surface area contributed by atoms with Crippen molar-refractivity contribution >= 4 is 33.2 Å². The molecular formula is C11H22N2O4S2. The van der Waals surface area contributed by atoms with Gasteiger partial charge in [-0.1, -0.05) is 33.0 Å². The Bertz CT molecular complexity index is 420. The molecule has 0 bridgehead atoms. The summed E-state index contributed by atoms with van der Waals surface area (Å²) in [4.78, 5) is 11.5. The van der Waals surface area contributed by atoms with Gasteiger partial charge in [-0.15, -0.1) is 0 Å². The van der Waals surface area contributed by atoms with Gasteiger partial charge in [-0.25, -0.2) is 13.1 Å². The molecule has 0 rings (SSSR count). The third-order valence-electron chi connectivity index (χ3n) is 2.56. The molecule has 0 aromatic carbocycles. The van der Waals surface area contributed by atoms with Crippen molar-refractivity contribution in [3.63, 3.8) is 0 Å². The minimum absolute atomic E-state index is 0.108. The molecule has 0 aliphatic rings. The van der Waals surface area contributed by atoms with Crippen LogP contribution in [0.4, 0.5) is 0 Å². The van der Waals surface area contributed by atoms with Gasteiger partial charge in [-0.3, -0.25) is 4.79 Å². The molecule has 19 heavy (non-hydrogen) atoms. The van der Waals surface area contributed by atoms with E-state index in [2.05, 4.69) is 9.46 Å². The van der Waals surface area contributed by atoms with Crippen LogP contribution in [-0.2, 0) is 19.6 Å². The van der Waals surface area contributed by atoms with Gasteiger partial charge < -0.3 is 10.5 Å². The van der Waals surface area contributed by atoms with Crippen LogP contribution in [0.5, 0.6) is 0 Å². The van der Waals surface area contributed by atoms with Gasteiger partial charge in [0.2, 0.25) is 10.0 Å². The Morgan fingerprint density at radius 2 is 1.95 bits per heavy atom. The molecule has 2 unspecified atom stereocenters. The van der Waals surface area contributed by atoms with Crippen molar-refractivity contribution in [3.8, 4) is 0 Å². The highest BCUT2D eigenvalue weighted by molar-refractivity contribution is 7.93. The molecule has 0 aliphatic carbocycles. The SMILES string of the molecule is CCC(C(N)=S)S(=O)(=O)NC(CC(C)C)C(=O)OC. The number of thiocarbonyl (C=S) groups is 1. The van der Waals surface area contributed by atoms with E-state index in [0.29, 0.717) is 6.42 Å². The van der Waals surface area contributed by atoms with E-state index in [0.717, 1.165) is 0 Å². The molecule has 0 aromatic rings. The van der Waals surface area contributed by atoms with Crippen LogP contribution in [0.25, 0.3) is 0 Å². The molecule has 0 spiro atoms. The van der Waals surface area contributed by atoms with E-state index >= 15 is 0 Å². The number of nitrogens with one attached hydrogen (secondary N) is 1. The van der Waals surface area contributed by atoms with Crippen molar-refractivity contribution in [2.45, 2.75) is 44.9 Å². The summed E-state index contributed by atoms with van der Waals surface area (Å²) in [6, 6.07) is -0.918. The molecule has 0 radical (unpaired) electrons. The van der Waals surface area contributed by atoms with Crippen LogP contribution in [0.15, 0.2) is 0 Å². The Morgan fingerprint density at radius 1 is 1.42 bits per heavy atom. The molecule has 2 atom stereocenters. The lowest BCUT2D eigenvalue weighted by Crippen LogP contribution is -2.49. The summed E-state index contributed by atoms with van der Waals surface area (Å²) in [5.74, 6) is -0.480. The van der Waals surface area contributed by atoms with E-state index in [-0.39, 0.29) is 17.3 Å². The minimum atomic E-state index is -3.79. The van der Waals surface area contributed by atoms with Gasteiger partial charge >= 0.3 is 5.97 Å². The molecule has 3 N–H and O–H groups in total. The fraction of sp³-hybridized carbons (Fsp3) is 0.818. The average molecular weight is 310 g/mol. The van der Waals surface area contributed by atoms with Gasteiger partial charge in [0.1, 0.15) is 11.3 Å². The molecular weight excluding hydrogens is 288 g/mol. The lowest BCUT2D eigenvalue weighted by Gasteiger charge is -2.21. The Kier molecular flexibility index (Phi) is 7.46. The van der Waals surface area contributed by atoms with E-state index in [1.807, 2.05) is 13.8 Å². The molecule has 112 valence electrons. The summed E-state index contributed by atoms with van der Waals surface area (Å²) in [5, 5.41) is -0.984. The van der Waals surface area contributed by atoms with Gasteiger partial charge in [-0.2, -0.15) is 0 Å². The first-order chi connectivity index (χ1) is 8.65. The largest absolute Gasteiger partial charge is 0.468 e. The second kappa shape index (κ2) is 7.76. The topological polar surface area (TPSA) is 98.5 Å². The molecule has 0 saturated heterocycles. The number of carbonyl (C=O) groups excluding carboxylic acids is 1. The van der Waals surface area contributed by atoms with E-state index in [1.54, 1.807) is 6.92 Å². The predicted octanol–water partition coefficient (Wildman–Crippen LogP) is 0.558. The first-order valence-corrected chi connectivity index (χ1v) is 7.99. The first-order valence-electron chi connectivity index (χ1n) is 6.04. The van der Waals surface area contributed by atoms with E-state index in [4.69, 9.17) is 18.0 Å². The summed E-state index contributed by atoms with van der Waals surface area (Å²) in [5.41, 5.74) is 5.42. The summed E-state index contributed by atoms with van der Waals surface area (Å²) in [6.45, 7) is 5.43. The lowest BCUT2D eigenvalue weighted by atomic mass is 10.1. The van der Waals surface area contributed by atoms with Crippen LogP contribution in [0.3, 0.4) is 0 Å². The number of nitrogens with two attached hydrogens (primary N) is 1. The molecule has 0 fully saturated rings. The van der Waals surface area contributed by atoms with E-state index < -0.39 is 27.3 Å². The zero-order valence-electron chi connectivity index (χ0n) is 11.7. The maximum absolute atomic E-state index is 12.1. The maximum atomic E-state index is 12.1. The number of esters is 1. The lowest BCUT2D eigenvalue weighted by molar-refractivity contribution is -0.143. The van der Waals surface area contributed by atoms with E-state index in [9.17, 15) is 13.2 Å². The zero-order chi connectivity index (χ0) is 15.2. The minimum Gasteiger partial charge on any atom is -0.468 e. The number of methoxy groups -OCH3 is 1. The van der Waals surface area contributed by atoms with Crippen molar-refractivity contribution < 1.29 is 17.9 Å². The molecule has 0 aromatic heterocycles. The van der Waals surface area contributed by atoms with E-state index in [1.165, 1.54) is 7.11 Å². The molecule has 0 aliphatic heterocycles. The number of rotatable bonds is 8. The monoisotopic (exact) mass is 310 g/mol. The Balaban J connectivity index is 5.11. The van der Waals surface area contributed by atoms with Gasteiger partial charge in [0.05, 0.1) is 12.1 Å². The van der Waals surface area contributed by atoms with Gasteiger partial charge in [0.25, 0.3) is 0 Å². The normalized spacial score (nSPS) is 15.0. The third kappa shape index (κ3) is 5.84. The van der Waals surface area contributed by atoms with Crippen LogP contribution >= 0.6 is 12.2 Å². The quantitative estimate of drug-likeness (QED) is 0.502. The van der Waals surface area contributed by atoms with Crippen LogP contribution < -0.4 is 10.5 Å². The zero-order valence-corrected chi connectivity index (χ0v) is 13.3. The van der Waals surface area contributed by atoms with Crippen molar-refractivity contribution in [1.82, 2.24) is 4.72 Å². The summed E-state index contributed by atoms with van der Waals surface area (Å²) in [6.07, 6.45) is 0.597. The van der Waals surface area contributed by atoms with Gasteiger partial charge in [0, 0.05) is 0 Å². The fourth-order valence-corrected chi connectivity index (χ4v) is 3.70. The molecule has 6 nitrogen and oxygen atoms in total. The second-order valence-electron chi connectivity index (χ2n) is 4.67. The highest BCUT2D eigenvalue weighted by Crippen LogP contribution is 2.11. The fourth-order valence-electron chi connectivity index (χ4n) is 1.66. The highest BCUT2D eigenvalue weighted by Gasteiger charge is 2.32. The Labute approximate surface area is 120 Å². The Hall–Kier alpha value is -0.730. The second-order valence-corrected chi connectivity index (χ2v) is 7.03. The van der Waals surface area contributed by atoms with Crippen molar-refractivity contribution in [2.24, 2.45) is 11.7 Å². The van der Waals surface area contributed by atoms with Crippen LogP contribution in [0.2, 0.25) is 0 Å². The Morgan fingerprint density at radius 3 is 2.26 bits per heavy atom. The summed E-state index contributed by atoms with van der Waals surface area (Å²) in [7, 11) is -2.57. The first kappa shape index (κ1) is 18.3. The predicted molar refractivity (Wildman–Crippen MR) is 78.2 cm³/mol. The van der Waals surface area contributed by atoms with Crippen molar-refractivity contribution in [3.05, 3.63) is 0 Å². The van der Waals surface area contributed by atoms with Crippen LogP contribution in [0.1, 0.15) is 33.6 Å². The molecule has 0 amide bonds. The van der Waals surface area contributed by atoms with Crippen LogP contribution in [0, 0.1) is 5.92 Å². The number of carbonyl (C=O) groups is 1. The van der Waals surface area contributed by atoms with Crippen LogP contribution in [-0.4, -0.2) is 37.8 Å². The number of sulfonamides is 1. The molecule has 8 heteroatoms. The van der Waals surface area contributed by atoms with Gasteiger partial charge in [0.15, 0.2) is 0 Å². The standard InChI is InChI=1S/C11H22N2O4S2/c1-5-9(10(12)18)19(15,16)13-8(6-7(2)3)11(14)17-4/h7-9,13H,5-6H2,1-4H3,(H2,12,18). The number of hydrogen-bond donors (Lipinski definition) is 2. The summed E-state index contributed by atoms with van der Waals surface area (Å²) >= 11 is 4.74. The molecule has 0 saturated carbocycles. The summed E-state index contributed by atoms with van der Waals surface area (Å²) < 4.78 is 31.2. The van der Waals surface area contributed by atoms with Gasteiger partial charge in [-0.05, 0) is 18.8 Å². The average Bonchev–Trinajstić information content (AvgIpc) is 2.25. The van der Waals surface area contributed by atoms with Crippen molar-refractivity contribution in [1.29, 1.82) is 0 Å². The number of ether oxygens (including phenoxy) is 1. The smallest absolute Gasteiger partial charge is 0.323 e.